The Kier molecular flexibility index (Phi) is 11.2. The number of rotatable bonds is 7. The SMILES string of the molecule is CCCNC(=O)CNC(=NC)NCCc1ccc(C(F)(F)F)cc1.I. The molecule has 25 heavy (non-hydrogen) atoms. The molecule has 0 spiro atoms. The van der Waals surface area contributed by atoms with Crippen molar-refractivity contribution in [2.45, 2.75) is 25.9 Å². The van der Waals surface area contributed by atoms with Crippen molar-refractivity contribution in [3.05, 3.63) is 35.4 Å². The lowest BCUT2D eigenvalue weighted by Crippen LogP contribution is -2.43. The minimum Gasteiger partial charge on any atom is -0.356 e. The highest BCUT2D eigenvalue weighted by atomic mass is 127. The number of guanidine groups is 1. The first-order valence-electron chi connectivity index (χ1n) is 7.74. The summed E-state index contributed by atoms with van der Waals surface area (Å²) in [4.78, 5) is 15.5. The van der Waals surface area contributed by atoms with Gasteiger partial charge >= 0.3 is 6.18 Å². The fourth-order valence-electron chi connectivity index (χ4n) is 1.90. The number of nitrogens with one attached hydrogen (secondary N) is 3. The molecule has 1 aromatic carbocycles. The van der Waals surface area contributed by atoms with Gasteiger partial charge in [-0.25, -0.2) is 0 Å². The number of aliphatic imine (C=N–C) groups is 1. The molecule has 142 valence electrons. The van der Waals surface area contributed by atoms with Crippen LogP contribution in [0.15, 0.2) is 29.3 Å². The quantitative estimate of drug-likeness (QED) is 0.325. The molecule has 0 bridgehead atoms. The smallest absolute Gasteiger partial charge is 0.356 e. The summed E-state index contributed by atoms with van der Waals surface area (Å²) in [5.41, 5.74) is 0.126. The highest BCUT2D eigenvalue weighted by molar-refractivity contribution is 14.0. The molecule has 5 nitrogen and oxygen atoms in total. The van der Waals surface area contributed by atoms with Crippen LogP contribution < -0.4 is 16.0 Å². The van der Waals surface area contributed by atoms with Crippen LogP contribution in [0.2, 0.25) is 0 Å². The zero-order valence-electron chi connectivity index (χ0n) is 14.2. The van der Waals surface area contributed by atoms with Crippen LogP contribution in [-0.2, 0) is 17.4 Å². The van der Waals surface area contributed by atoms with E-state index in [0.29, 0.717) is 25.5 Å². The second-order valence-corrected chi connectivity index (χ2v) is 5.15. The molecule has 0 fully saturated rings. The molecule has 0 atom stereocenters. The Morgan fingerprint density at radius 2 is 1.72 bits per heavy atom. The molecule has 0 aliphatic rings. The van der Waals surface area contributed by atoms with E-state index in [1.807, 2.05) is 6.92 Å². The minimum atomic E-state index is -4.32. The predicted molar refractivity (Wildman–Crippen MR) is 103 cm³/mol. The van der Waals surface area contributed by atoms with Crippen molar-refractivity contribution >= 4 is 35.8 Å². The van der Waals surface area contributed by atoms with Crippen molar-refractivity contribution in [3.8, 4) is 0 Å². The van der Waals surface area contributed by atoms with E-state index in [4.69, 9.17) is 0 Å². The van der Waals surface area contributed by atoms with Crippen LogP contribution >= 0.6 is 24.0 Å². The number of hydrogen-bond acceptors (Lipinski definition) is 2. The van der Waals surface area contributed by atoms with Gasteiger partial charge in [-0.1, -0.05) is 19.1 Å². The van der Waals surface area contributed by atoms with E-state index in [9.17, 15) is 18.0 Å². The zero-order chi connectivity index (χ0) is 18.0. The molecule has 0 aliphatic carbocycles. The third-order valence-electron chi connectivity index (χ3n) is 3.20. The van der Waals surface area contributed by atoms with Gasteiger partial charge in [0.05, 0.1) is 12.1 Å². The van der Waals surface area contributed by atoms with E-state index in [2.05, 4.69) is 20.9 Å². The summed E-state index contributed by atoms with van der Waals surface area (Å²) < 4.78 is 37.4. The third kappa shape index (κ3) is 9.51. The lowest BCUT2D eigenvalue weighted by atomic mass is 10.1. The van der Waals surface area contributed by atoms with Crippen LogP contribution in [0.5, 0.6) is 0 Å². The van der Waals surface area contributed by atoms with Crippen LogP contribution in [0.1, 0.15) is 24.5 Å². The van der Waals surface area contributed by atoms with E-state index in [1.54, 1.807) is 7.05 Å². The molecule has 0 saturated carbocycles. The maximum absolute atomic E-state index is 12.5. The molecule has 1 aromatic rings. The largest absolute Gasteiger partial charge is 0.416 e. The lowest BCUT2D eigenvalue weighted by Gasteiger charge is -2.12. The minimum absolute atomic E-state index is 0. The second-order valence-electron chi connectivity index (χ2n) is 5.15. The summed E-state index contributed by atoms with van der Waals surface area (Å²) in [6.07, 6.45) is -2.91. The molecule has 3 N–H and O–H groups in total. The van der Waals surface area contributed by atoms with Gasteiger partial charge in [-0.2, -0.15) is 13.2 Å². The maximum Gasteiger partial charge on any atom is 0.416 e. The zero-order valence-corrected chi connectivity index (χ0v) is 16.6. The normalized spacial score (nSPS) is 11.5. The fourth-order valence-corrected chi connectivity index (χ4v) is 1.90. The Morgan fingerprint density at radius 3 is 2.24 bits per heavy atom. The molecular weight excluding hydrogens is 448 g/mol. The first-order valence-corrected chi connectivity index (χ1v) is 7.74. The third-order valence-corrected chi connectivity index (χ3v) is 3.20. The molecule has 0 saturated heterocycles. The van der Waals surface area contributed by atoms with Crippen molar-refractivity contribution in [2.24, 2.45) is 4.99 Å². The monoisotopic (exact) mass is 472 g/mol. The summed E-state index contributed by atoms with van der Waals surface area (Å²) in [6, 6.07) is 5.05. The summed E-state index contributed by atoms with van der Waals surface area (Å²) in [5, 5.41) is 8.62. The standard InChI is InChI=1S/C16H23F3N4O.HI/c1-3-9-21-14(24)11-23-15(20-2)22-10-8-12-4-6-13(7-5-12)16(17,18)19;/h4-7H,3,8-11H2,1-2H3,(H,21,24)(H2,20,22,23);1H. The Balaban J connectivity index is 0.00000576. The number of amides is 1. The maximum atomic E-state index is 12.5. The van der Waals surface area contributed by atoms with Crippen LogP contribution in [0.25, 0.3) is 0 Å². The molecule has 0 heterocycles. The Labute approximate surface area is 162 Å². The van der Waals surface area contributed by atoms with Crippen molar-refractivity contribution in [3.63, 3.8) is 0 Å². The van der Waals surface area contributed by atoms with E-state index in [0.717, 1.165) is 24.1 Å². The lowest BCUT2D eigenvalue weighted by molar-refractivity contribution is -0.137. The van der Waals surface area contributed by atoms with E-state index in [-0.39, 0.29) is 36.4 Å². The Hall–Kier alpha value is -1.52. The van der Waals surface area contributed by atoms with Gasteiger partial charge in [0.2, 0.25) is 5.91 Å². The van der Waals surface area contributed by atoms with Crippen molar-refractivity contribution in [1.82, 2.24) is 16.0 Å². The number of hydrogen-bond donors (Lipinski definition) is 3. The number of benzene rings is 1. The van der Waals surface area contributed by atoms with Crippen LogP contribution in [0.3, 0.4) is 0 Å². The van der Waals surface area contributed by atoms with Gasteiger partial charge < -0.3 is 16.0 Å². The van der Waals surface area contributed by atoms with Crippen LogP contribution in [0.4, 0.5) is 13.2 Å². The highest BCUT2D eigenvalue weighted by Gasteiger charge is 2.29. The average molecular weight is 472 g/mol. The van der Waals surface area contributed by atoms with Crippen molar-refractivity contribution in [1.29, 1.82) is 0 Å². The fraction of sp³-hybridized carbons (Fsp3) is 0.500. The first kappa shape index (κ1) is 23.5. The average Bonchev–Trinajstić information content (AvgIpc) is 2.55. The summed E-state index contributed by atoms with van der Waals surface area (Å²) in [7, 11) is 1.58. The molecule has 0 aliphatic heterocycles. The second kappa shape index (κ2) is 11.9. The van der Waals surface area contributed by atoms with Crippen LogP contribution in [-0.4, -0.2) is 38.5 Å². The predicted octanol–water partition coefficient (Wildman–Crippen LogP) is 2.56. The van der Waals surface area contributed by atoms with Gasteiger partial charge in [0, 0.05) is 20.1 Å². The van der Waals surface area contributed by atoms with Gasteiger partial charge in [-0.15, -0.1) is 24.0 Å². The van der Waals surface area contributed by atoms with Gasteiger partial charge in [0.1, 0.15) is 0 Å². The van der Waals surface area contributed by atoms with Crippen LogP contribution in [0, 0.1) is 0 Å². The number of nitrogens with zero attached hydrogens (tertiary/aromatic N) is 1. The molecule has 1 amide bonds. The molecular formula is C16H24F3IN4O. The Morgan fingerprint density at radius 1 is 1.08 bits per heavy atom. The number of carbonyl (C=O) groups is 1. The van der Waals surface area contributed by atoms with Gasteiger partial charge in [0.25, 0.3) is 0 Å². The topological polar surface area (TPSA) is 65.5 Å². The van der Waals surface area contributed by atoms with Gasteiger partial charge in [-0.3, -0.25) is 9.79 Å². The van der Waals surface area contributed by atoms with E-state index < -0.39 is 11.7 Å². The Bertz CT molecular complexity index is 547. The summed E-state index contributed by atoms with van der Waals surface area (Å²) >= 11 is 0. The number of halogens is 4. The van der Waals surface area contributed by atoms with Gasteiger partial charge in [0.15, 0.2) is 5.96 Å². The number of carbonyl (C=O) groups excluding carboxylic acids is 1. The van der Waals surface area contributed by atoms with Gasteiger partial charge in [-0.05, 0) is 30.5 Å². The molecule has 0 radical (unpaired) electrons. The molecule has 9 heteroatoms. The number of alkyl halides is 3. The van der Waals surface area contributed by atoms with E-state index in [1.165, 1.54) is 12.1 Å². The summed E-state index contributed by atoms with van der Waals surface area (Å²) in [6.45, 7) is 3.19. The van der Waals surface area contributed by atoms with Crippen molar-refractivity contribution in [2.75, 3.05) is 26.7 Å². The van der Waals surface area contributed by atoms with Crippen molar-refractivity contribution < 1.29 is 18.0 Å². The highest BCUT2D eigenvalue weighted by Crippen LogP contribution is 2.29. The molecule has 1 rings (SSSR count). The van der Waals surface area contributed by atoms with E-state index >= 15 is 0 Å². The molecule has 0 aromatic heterocycles. The molecule has 0 unspecified atom stereocenters. The summed E-state index contributed by atoms with van der Waals surface area (Å²) in [5.74, 6) is 0.344. The first-order chi connectivity index (χ1) is 11.4.